The fourth-order valence-corrected chi connectivity index (χ4v) is 6.43. The lowest BCUT2D eigenvalue weighted by atomic mass is 9.98. The summed E-state index contributed by atoms with van der Waals surface area (Å²) >= 11 is 0. The van der Waals surface area contributed by atoms with Crippen LogP contribution in [-0.4, -0.2) is 185 Å². The Balaban J connectivity index is 1.21. The molecule has 0 aliphatic carbocycles. The number of phenolic OH excluding ortho intramolecular Hbond substituents is 3. The van der Waals surface area contributed by atoms with Crippen LogP contribution in [0.2, 0.25) is 0 Å². The molecule has 310 valence electrons. The van der Waals surface area contributed by atoms with Gasteiger partial charge in [-0.1, -0.05) is 0 Å². The predicted molar refractivity (Wildman–Crippen MR) is 179 cm³/mol. The van der Waals surface area contributed by atoms with Crippen molar-refractivity contribution in [3.05, 3.63) is 40.6 Å². The molecule has 22 nitrogen and oxygen atoms in total. The van der Waals surface area contributed by atoms with Crippen LogP contribution in [0.15, 0.2) is 39.5 Å². The summed E-state index contributed by atoms with van der Waals surface area (Å²) in [5, 5.41) is 134. The first-order valence-corrected chi connectivity index (χ1v) is 17.1. The molecule has 3 aliphatic heterocycles. The SMILES string of the molecule is COc1cc(-c2oc3cc(O)cc(O)c3c(=O)c2O[C@@H]2OC(CO[C@@H]3OC(CO[C@@H]4OC(CO)[C@@H](O)[C@H](O)C4O)[C@@H](O)[C@H](O)C3O)[C@@H](O)C(O)C2O)ccc1O. The smallest absolute Gasteiger partial charge is 0.239 e. The molecule has 3 fully saturated rings. The molecule has 0 amide bonds. The predicted octanol–water partition coefficient (Wildman–Crippen LogP) is -4.59. The van der Waals surface area contributed by atoms with Crippen molar-refractivity contribution in [2.75, 3.05) is 26.9 Å². The molecule has 3 aromatic rings. The fourth-order valence-electron chi connectivity index (χ4n) is 6.43. The van der Waals surface area contributed by atoms with Crippen LogP contribution in [0.4, 0.5) is 0 Å². The maximum absolute atomic E-state index is 13.8. The summed E-state index contributed by atoms with van der Waals surface area (Å²) in [7, 11) is 1.25. The molecular weight excluding hydrogens is 760 g/mol. The Labute approximate surface area is 314 Å². The molecule has 56 heavy (non-hydrogen) atoms. The lowest BCUT2D eigenvalue weighted by Gasteiger charge is -2.43. The van der Waals surface area contributed by atoms with Crippen molar-refractivity contribution in [3.8, 4) is 40.1 Å². The van der Waals surface area contributed by atoms with Crippen molar-refractivity contribution in [3.63, 3.8) is 0 Å². The van der Waals surface area contributed by atoms with Crippen molar-refractivity contribution in [1.82, 2.24) is 0 Å². The summed E-state index contributed by atoms with van der Waals surface area (Å²) in [4.78, 5) is 13.8. The number of aromatic hydroxyl groups is 3. The quantitative estimate of drug-likeness (QED) is 0.0867. The van der Waals surface area contributed by atoms with Gasteiger partial charge in [-0.25, -0.2) is 0 Å². The number of hydrogen-bond donors (Lipinski definition) is 13. The topological polar surface area (TPSA) is 358 Å². The molecule has 7 unspecified atom stereocenters. The molecule has 0 bridgehead atoms. The number of aliphatic hydroxyl groups excluding tert-OH is 10. The second-order valence-corrected chi connectivity index (χ2v) is 13.3. The van der Waals surface area contributed by atoms with E-state index in [1.165, 1.54) is 25.3 Å². The average Bonchev–Trinajstić information content (AvgIpc) is 3.17. The second kappa shape index (κ2) is 16.9. The molecule has 0 saturated carbocycles. The molecule has 3 saturated heterocycles. The van der Waals surface area contributed by atoms with Gasteiger partial charge in [-0.15, -0.1) is 0 Å². The molecule has 0 radical (unpaired) electrons. The number of phenols is 3. The Bertz CT molecular complexity index is 1890. The molecule has 22 heteroatoms. The summed E-state index contributed by atoms with van der Waals surface area (Å²) in [5.41, 5.74) is -1.29. The van der Waals surface area contributed by atoms with Crippen molar-refractivity contribution in [2.24, 2.45) is 0 Å². The number of ether oxygens (including phenoxy) is 7. The average molecular weight is 803 g/mol. The Morgan fingerprint density at radius 1 is 0.625 bits per heavy atom. The molecule has 13 N–H and O–H groups in total. The van der Waals surface area contributed by atoms with Crippen LogP contribution in [0, 0.1) is 0 Å². The highest BCUT2D eigenvalue weighted by atomic mass is 16.7. The van der Waals surface area contributed by atoms with Crippen molar-refractivity contribution < 1.29 is 104 Å². The van der Waals surface area contributed by atoms with E-state index in [-0.39, 0.29) is 28.4 Å². The lowest BCUT2D eigenvalue weighted by molar-refractivity contribution is -0.339. The maximum atomic E-state index is 13.8. The van der Waals surface area contributed by atoms with E-state index in [9.17, 15) is 71.2 Å². The van der Waals surface area contributed by atoms with Crippen LogP contribution in [0.5, 0.6) is 28.7 Å². The van der Waals surface area contributed by atoms with Gasteiger partial charge in [0.25, 0.3) is 0 Å². The molecule has 0 spiro atoms. The Morgan fingerprint density at radius 3 is 1.70 bits per heavy atom. The number of benzene rings is 2. The van der Waals surface area contributed by atoms with Crippen LogP contribution in [0.25, 0.3) is 22.3 Å². The van der Waals surface area contributed by atoms with Crippen LogP contribution >= 0.6 is 0 Å². The zero-order chi connectivity index (χ0) is 40.7. The van der Waals surface area contributed by atoms with E-state index in [4.69, 9.17) is 37.6 Å². The largest absolute Gasteiger partial charge is 0.508 e. The molecule has 2 aromatic carbocycles. The highest BCUT2D eigenvalue weighted by Gasteiger charge is 2.50. The summed E-state index contributed by atoms with van der Waals surface area (Å²) in [6, 6.07) is 5.64. The van der Waals surface area contributed by atoms with Gasteiger partial charge in [0.15, 0.2) is 29.8 Å². The number of rotatable bonds is 11. The number of fused-ring (bicyclic) bond motifs is 1. The molecule has 1 aromatic heterocycles. The highest BCUT2D eigenvalue weighted by molar-refractivity contribution is 5.88. The first kappa shape index (κ1) is 41.7. The third-order valence-corrected chi connectivity index (χ3v) is 9.63. The van der Waals surface area contributed by atoms with E-state index in [0.717, 1.165) is 12.1 Å². The Kier molecular flexibility index (Phi) is 12.6. The molecule has 15 atom stereocenters. The third-order valence-electron chi connectivity index (χ3n) is 9.63. The van der Waals surface area contributed by atoms with Crippen molar-refractivity contribution >= 4 is 11.0 Å². The minimum atomic E-state index is -2.05. The van der Waals surface area contributed by atoms with Gasteiger partial charge in [0.1, 0.15) is 95.7 Å². The summed E-state index contributed by atoms with van der Waals surface area (Å²) in [6.07, 6.45) is -26.8. The van der Waals surface area contributed by atoms with Crippen LogP contribution < -0.4 is 14.9 Å². The van der Waals surface area contributed by atoms with Crippen LogP contribution in [0.3, 0.4) is 0 Å². The first-order valence-electron chi connectivity index (χ1n) is 17.1. The highest BCUT2D eigenvalue weighted by Crippen LogP contribution is 2.40. The minimum Gasteiger partial charge on any atom is -0.508 e. The third kappa shape index (κ3) is 7.95. The van der Waals surface area contributed by atoms with E-state index in [0.29, 0.717) is 0 Å². The van der Waals surface area contributed by atoms with Crippen molar-refractivity contribution in [2.45, 2.75) is 92.1 Å². The summed E-state index contributed by atoms with van der Waals surface area (Å²) in [6.45, 7) is -2.19. The zero-order valence-electron chi connectivity index (χ0n) is 29.2. The van der Waals surface area contributed by atoms with Gasteiger partial charge >= 0.3 is 0 Å². The van der Waals surface area contributed by atoms with Gasteiger partial charge in [0.2, 0.25) is 17.5 Å². The van der Waals surface area contributed by atoms with Gasteiger partial charge in [-0.2, -0.15) is 0 Å². The van der Waals surface area contributed by atoms with E-state index >= 15 is 0 Å². The number of aliphatic hydroxyl groups is 10. The minimum absolute atomic E-state index is 0.0523. The van der Waals surface area contributed by atoms with Gasteiger partial charge in [-0.3, -0.25) is 4.79 Å². The molecule has 4 heterocycles. The number of methoxy groups -OCH3 is 1. The van der Waals surface area contributed by atoms with E-state index in [1.54, 1.807) is 0 Å². The lowest BCUT2D eigenvalue weighted by Crippen LogP contribution is -2.63. The van der Waals surface area contributed by atoms with Gasteiger partial charge in [-0.05, 0) is 18.2 Å². The Hall–Kier alpha value is -3.95. The van der Waals surface area contributed by atoms with Gasteiger partial charge in [0, 0.05) is 17.7 Å². The second-order valence-electron chi connectivity index (χ2n) is 13.3. The van der Waals surface area contributed by atoms with E-state index in [1.807, 2.05) is 0 Å². The molecular formula is C34H42O22. The maximum Gasteiger partial charge on any atom is 0.239 e. The molecule has 3 aliphatic rings. The van der Waals surface area contributed by atoms with Crippen molar-refractivity contribution in [1.29, 1.82) is 0 Å². The monoisotopic (exact) mass is 802 g/mol. The fraction of sp³-hybridized carbons (Fsp3) is 0.559. The van der Waals surface area contributed by atoms with Crippen LogP contribution in [-0.2, 0) is 23.7 Å². The summed E-state index contributed by atoms with van der Waals surface area (Å²) in [5.74, 6) is -2.61. The number of hydrogen-bond acceptors (Lipinski definition) is 22. The molecule has 6 rings (SSSR count). The van der Waals surface area contributed by atoms with Gasteiger partial charge in [0.05, 0.1) is 26.9 Å². The van der Waals surface area contributed by atoms with E-state index < -0.39 is 140 Å². The first-order chi connectivity index (χ1) is 26.6. The van der Waals surface area contributed by atoms with E-state index in [2.05, 4.69) is 0 Å². The Morgan fingerprint density at radius 2 is 1.14 bits per heavy atom. The zero-order valence-corrected chi connectivity index (χ0v) is 29.2. The van der Waals surface area contributed by atoms with Crippen LogP contribution in [0.1, 0.15) is 0 Å². The normalized spacial score (nSPS) is 36.4. The summed E-state index contributed by atoms with van der Waals surface area (Å²) < 4.78 is 44.2. The van der Waals surface area contributed by atoms with Gasteiger partial charge < -0.3 is 104 Å². The standard InChI is InChI=1S/C34H42O22/c1-49-14-4-10(2-3-12(14)37)30-31(23(42)19-13(38)5-11(36)6-15(19)52-30)56-34-29(48)26(45)22(41)18(55-34)9-51-33-28(47)25(44)21(40)17(54-33)8-50-32-27(46)24(43)20(39)16(7-35)53-32/h2-6,16-18,20-22,24-29,32-41,43-48H,7-9H2,1H3/t16?,17?,18?,20-,21-,22-,24+,25+,26?,27?,28?,29?,32-,33-,34+/m1/s1.